The van der Waals surface area contributed by atoms with Crippen molar-refractivity contribution >= 4 is 32.8 Å². The van der Waals surface area contributed by atoms with E-state index in [0.717, 1.165) is 11.1 Å². The average molecular weight is 422 g/mol. The average Bonchev–Trinajstić information content (AvgIpc) is 2.68. The number of carbonyl (C=O) groups is 2. The Kier molecular flexibility index (Phi) is 6.12. The first-order valence-electron chi connectivity index (χ1n) is 9.27. The Morgan fingerprint density at radius 1 is 1.03 bits per heavy atom. The number of Topliss-reactive ketones (excluding diaryl/α,β-unsaturated/α-hetero) is 2. The largest absolute Gasteiger partial charge is 0.382 e. The van der Waals surface area contributed by atoms with Crippen LogP contribution in [0.15, 0.2) is 54.7 Å². The summed E-state index contributed by atoms with van der Waals surface area (Å²) >= 11 is 0. The zero-order valence-corrected chi connectivity index (χ0v) is 17.7. The molecule has 0 spiro atoms. The molecule has 0 aliphatic rings. The Morgan fingerprint density at radius 2 is 1.67 bits per heavy atom. The van der Waals surface area contributed by atoms with Crippen molar-refractivity contribution in [2.75, 3.05) is 17.7 Å². The highest BCUT2D eigenvalue weighted by atomic mass is 32.2. The van der Waals surface area contributed by atoms with Gasteiger partial charge in [-0.3, -0.25) is 13.8 Å². The summed E-state index contributed by atoms with van der Waals surface area (Å²) in [6.45, 7) is 1.99. The molecule has 0 saturated carbocycles. The molecule has 7 heteroatoms. The topological polar surface area (TPSA) is 103 Å². The lowest BCUT2D eigenvalue weighted by atomic mass is 10.0. The molecule has 0 fully saturated rings. The SMILES string of the molecule is C=S(C)(=O)CC(=O)c1ccc(CC(=O)c2nc(-c3ccc(C)cc3)cnc2N)cc1. The first kappa shape index (κ1) is 21.4. The molecule has 0 bridgehead atoms. The van der Waals surface area contributed by atoms with Crippen LogP contribution in [0, 0.1) is 6.92 Å². The van der Waals surface area contributed by atoms with Crippen LogP contribution in [0.1, 0.15) is 32.0 Å². The fraction of sp³-hybridized carbons (Fsp3) is 0.174. The maximum absolute atomic E-state index is 12.8. The lowest BCUT2D eigenvalue weighted by molar-refractivity contribution is 0.0987. The number of anilines is 1. The second kappa shape index (κ2) is 8.59. The monoisotopic (exact) mass is 421 g/mol. The minimum absolute atomic E-state index is 0.0740. The number of nitrogens with two attached hydrogens (primary N) is 1. The molecule has 3 rings (SSSR count). The van der Waals surface area contributed by atoms with E-state index in [1.54, 1.807) is 30.5 Å². The molecule has 1 aromatic heterocycles. The predicted octanol–water partition coefficient (Wildman–Crippen LogP) is 2.99. The Balaban J connectivity index is 1.78. The first-order valence-corrected chi connectivity index (χ1v) is 11.6. The Labute approximate surface area is 176 Å². The van der Waals surface area contributed by atoms with E-state index in [2.05, 4.69) is 15.8 Å². The highest BCUT2D eigenvalue weighted by Gasteiger charge is 2.16. The van der Waals surface area contributed by atoms with Crippen molar-refractivity contribution in [2.24, 2.45) is 0 Å². The maximum Gasteiger partial charge on any atom is 0.189 e. The summed E-state index contributed by atoms with van der Waals surface area (Å²) in [5.74, 6) is 2.98. The van der Waals surface area contributed by atoms with E-state index in [4.69, 9.17) is 5.73 Å². The van der Waals surface area contributed by atoms with Gasteiger partial charge in [-0.15, -0.1) is 0 Å². The van der Waals surface area contributed by atoms with Crippen molar-refractivity contribution in [3.8, 4) is 11.3 Å². The Bertz CT molecular complexity index is 1200. The van der Waals surface area contributed by atoms with Gasteiger partial charge in [-0.1, -0.05) is 54.1 Å². The van der Waals surface area contributed by atoms with Crippen LogP contribution in [0.25, 0.3) is 11.3 Å². The molecule has 2 aromatic carbocycles. The third-order valence-electron chi connectivity index (χ3n) is 4.49. The van der Waals surface area contributed by atoms with Gasteiger partial charge in [-0.2, -0.15) is 0 Å². The molecule has 154 valence electrons. The Hall–Kier alpha value is -3.32. The fourth-order valence-electron chi connectivity index (χ4n) is 2.91. The number of hydrogen-bond acceptors (Lipinski definition) is 6. The van der Waals surface area contributed by atoms with Crippen molar-refractivity contribution in [3.05, 3.63) is 77.1 Å². The van der Waals surface area contributed by atoms with Crippen LogP contribution in [0.2, 0.25) is 0 Å². The zero-order valence-electron chi connectivity index (χ0n) is 16.9. The second-order valence-corrected chi connectivity index (χ2v) is 10.1. The molecule has 30 heavy (non-hydrogen) atoms. The van der Waals surface area contributed by atoms with E-state index in [0.29, 0.717) is 16.8 Å². The van der Waals surface area contributed by atoms with Gasteiger partial charge >= 0.3 is 0 Å². The van der Waals surface area contributed by atoms with E-state index in [9.17, 15) is 13.8 Å². The van der Waals surface area contributed by atoms with E-state index in [1.165, 1.54) is 6.26 Å². The van der Waals surface area contributed by atoms with Gasteiger partial charge in [-0.25, -0.2) is 9.97 Å². The van der Waals surface area contributed by atoms with Crippen LogP contribution >= 0.6 is 0 Å². The minimum Gasteiger partial charge on any atom is -0.382 e. The molecule has 1 heterocycles. The highest BCUT2D eigenvalue weighted by Crippen LogP contribution is 2.20. The molecule has 6 nitrogen and oxygen atoms in total. The second-order valence-electron chi connectivity index (χ2n) is 7.40. The fourth-order valence-corrected chi connectivity index (χ4v) is 3.63. The summed E-state index contributed by atoms with van der Waals surface area (Å²) in [7, 11) is -2.40. The summed E-state index contributed by atoms with van der Waals surface area (Å²) in [6.07, 6.45) is 3.07. The summed E-state index contributed by atoms with van der Waals surface area (Å²) < 4.78 is 11.7. The molecule has 0 amide bonds. The van der Waals surface area contributed by atoms with Gasteiger partial charge in [0.25, 0.3) is 0 Å². The molecule has 0 aliphatic heterocycles. The van der Waals surface area contributed by atoms with Crippen LogP contribution in [0.3, 0.4) is 0 Å². The minimum atomic E-state index is -2.40. The number of nitrogens with zero attached hydrogens (tertiary/aromatic N) is 2. The third kappa shape index (κ3) is 5.39. The van der Waals surface area contributed by atoms with Crippen molar-refractivity contribution in [1.29, 1.82) is 0 Å². The number of ketones is 2. The van der Waals surface area contributed by atoms with Crippen LogP contribution in [0.5, 0.6) is 0 Å². The standard InChI is InChI=1S/C23H23N3O3S/c1-15-4-8-17(9-5-15)19-13-25-23(24)22(26-19)20(27)12-16-6-10-18(11-7-16)21(28)14-30(2,3)29/h4-11,13H,2,12,14H2,1,3H3,(H2,24,25). The molecular formula is C23H23N3O3S. The van der Waals surface area contributed by atoms with Gasteiger partial charge in [0.1, 0.15) is 5.69 Å². The van der Waals surface area contributed by atoms with E-state index >= 15 is 0 Å². The molecule has 0 saturated heterocycles. The highest BCUT2D eigenvalue weighted by molar-refractivity contribution is 8.00. The van der Waals surface area contributed by atoms with Gasteiger partial charge < -0.3 is 5.73 Å². The molecular weight excluding hydrogens is 398 g/mol. The molecule has 3 aromatic rings. The molecule has 1 atom stereocenters. The number of hydrogen-bond donors (Lipinski definition) is 1. The van der Waals surface area contributed by atoms with E-state index < -0.39 is 9.52 Å². The molecule has 1 unspecified atom stereocenters. The lowest BCUT2D eigenvalue weighted by Gasteiger charge is -2.08. The summed E-state index contributed by atoms with van der Waals surface area (Å²) in [4.78, 5) is 33.5. The number of aromatic nitrogens is 2. The molecule has 0 aliphatic carbocycles. The summed E-state index contributed by atoms with van der Waals surface area (Å²) in [6, 6.07) is 14.4. The van der Waals surface area contributed by atoms with Crippen molar-refractivity contribution in [3.63, 3.8) is 0 Å². The van der Waals surface area contributed by atoms with Crippen LogP contribution in [-0.2, 0) is 15.9 Å². The van der Waals surface area contributed by atoms with Crippen LogP contribution < -0.4 is 5.73 Å². The normalized spacial score (nSPS) is 12.9. The Morgan fingerprint density at radius 3 is 2.27 bits per heavy atom. The van der Waals surface area contributed by atoms with E-state index in [-0.39, 0.29) is 35.3 Å². The van der Waals surface area contributed by atoms with Crippen molar-refractivity contribution in [1.82, 2.24) is 9.97 Å². The van der Waals surface area contributed by atoms with Gasteiger partial charge in [0.05, 0.1) is 17.6 Å². The van der Waals surface area contributed by atoms with E-state index in [1.807, 2.05) is 31.2 Å². The van der Waals surface area contributed by atoms with Crippen LogP contribution in [0.4, 0.5) is 5.82 Å². The summed E-state index contributed by atoms with van der Waals surface area (Å²) in [5, 5.41) is 0. The van der Waals surface area contributed by atoms with Gasteiger partial charge in [0, 0.05) is 23.8 Å². The zero-order chi connectivity index (χ0) is 21.9. The predicted molar refractivity (Wildman–Crippen MR) is 121 cm³/mol. The third-order valence-corrected chi connectivity index (χ3v) is 5.36. The number of nitrogen functional groups attached to an aromatic ring is 1. The number of rotatable bonds is 7. The smallest absolute Gasteiger partial charge is 0.189 e. The van der Waals surface area contributed by atoms with Crippen molar-refractivity contribution < 1.29 is 13.8 Å². The quantitative estimate of drug-likeness (QED) is 0.465. The summed E-state index contributed by atoms with van der Waals surface area (Å²) in [5.41, 5.74) is 9.71. The van der Waals surface area contributed by atoms with Gasteiger partial charge in [0.15, 0.2) is 17.4 Å². The number of carbonyl (C=O) groups excluding carboxylic acids is 2. The lowest BCUT2D eigenvalue weighted by Crippen LogP contribution is -2.14. The van der Waals surface area contributed by atoms with Crippen molar-refractivity contribution in [2.45, 2.75) is 13.3 Å². The first-order chi connectivity index (χ1) is 14.1. The maximum atomic E-state index is 12.8. The molecule has 2 N–H and O–H groups in total. The van der Waals surface area contributed by atoms with Gasteiger partial charge in [-0.05, 0) is 27.9 Å². The molecule has 0 radical (unpaired) electrons. The number of benzene rings is 2. The van der Waals surface area contributed by atoms with Gasteiger partial charge in [0.2, 0.25) is 0 Å². The number of aryl methyl sites for hydroxylation is 1. The van der Waals surface area contributed by atoms with Crippen LogP contribution in [-0.4, -0.2) is 43.6 Å².